The van der Waals surface area contributed by atoms with E-state index in [1.165, 1.54) is 94.5 Å². The Morgan fingerprint density at radius 1 is 0.283 bits per heavy atom. The number of hydrogen-bond acceptors (Lipinski definition) is 8. The van der Waals surface area contributed by atoms with Gasteiger partial charge in [-0.3, -0.25) is 19.2 Å². The highest BCUT2D eigenvalue weighted by Gasteiger charge is 2.28. The molecule has 0 heterocycles. The van der Waals surface area contributed by atoms with E-state index >= 15 is 0 Å². The van der Waals surface area contributed by atoms with Gasteiger partial charge in [0.25, 0.3) is 0 Å². The predicted octanol–water partition coefficient (Wildman–Crippen LogP) is 10.3. The molecule has 1 aliphatic carbocycles. The summed E-state index contributed by atoms with van der Waals surface area (Å²) in [5.74, 6) is -1.33. The molecule has 0 N–H and O–H groups in total. The van der Waals surface area contributed by atoms with Crippen LogP contribution in [0.15, 0.2) is 0 Å². The van der Waals surface area contributed by atoms with Gasteiger partial charge >= 0.3 is 23.9 Å². The van der Waals surface area contributed by atoms with Crippen LogP contribution in [0.3, 0.4) is 0 Å². The summed E-state index contributed by atoms with van der Waals surface area (Å²) in [5.41, 5.74) is 27.0. The molecule has 5 rings (SSSR count). The summed E-state index contributed by atoms with van der Waals surface area (Å²) in [6.45, 7) is 32.4. The van der Waals surface area contributed by atoms with Crippen LogP contribution in [0.5, 0.6) is 0 Å². The fourth-order valence-corrected chi connectivity index (χ4v) is 9.95. The first kappa shape index (κ1) is 45.8. The molecule has 60 heavy (non-hydrogen) atoms. The lowest BCUT2D eigenvalue weighted by molar-refractivity contribution is -0.143. The van der Waals surface area contributed by atoms with E-state index in [0.717, 1.165) is 66.8 Å². The molecular formula is C52H64O8. The Bertz CT molecular complexity index is 2000. The average molecular weight is 817 g/mol. The summed E-state index contributed by atoms with van der Waals surface area (Å²) >= 11 is 0. The van der Waals surface area contributed by atoms with Crippen LogP contribution >= 0.6 is 0 Å². The number of carbonyl (C=O) groups is 4. The number of ether oxygens (including phenoxy) is 4. The maximum absolute atomic E-state index is 12.3. The molecule has 0 fully saturated rings. The van der Waals surface area contributed by atoms with Crippen molar-refractivity contribution in [1.82, 2.24) is 0 Å². The number of hydrogen-bond donors (Lipinski definition) is 0. The lowest BCUT2D eigenvalue weighted by Crippen LogP contribution is -2.17. The molecule has 0 saturated heterocycles. The Balaban J connectivity index is 2.00. The minimum atomic E-state index is -0.331. The standard InChI is InChI=1S/C52H64O8/c1-25-41-17-43-26(2)45(33(9)50(31(43)7)22-58-38(14)54)19-47-28(4)48(36(12)52(35(47)11)24-60-40(16)56)20-46-27(3)44(32(8)51(34(46)10)23-59-39(15)55)18-42(25)30(6)49(29(41)5)21-57-37(13)53/h17-24H2,1-16H3. The Morgan fingerprint density at radius 2 is 0.417 bits per heavy atom. The lowest BCUT2D eigenvalue weighted by Gasteiger charge is -2.29. The third kappa shape index (κ3) is 8.80. The first-order valence-corrected chi connectivity index (χ1v) is 21.0. The van der Waals surface area contributed by atoms with Crippen molar-refractivity contribution in [3.8, 4) is 0 Å². The molecule has 0 spiro atoms. The molecule has 4 aromatic rings. The van der Waals surface area contributed by atoms with Crippen LogP contribution in [-0.4, -0.2) is 23.9 Å². The van der Waals surface area contributed by atoms with Crippen molar-refractivity contribution in [2.75, 3.05) is 0 Å². The SMILES string of the molecule is CC(=O)OCc1c(C)c2c(C)c(c1C)Cc1c(C)c(COC(C)=O)c(C)c(c1C)Cc1c(C)c(COC(C)=O)c(C)c(c1C)Cc1c(C)c(COC(C)=O)c(C)c(c1C)C2. The summed E-state index contributed by atoms with van der Waals surface area (Å²) in [7, 11) is 0. The van der Waals surface area contributed by atoms with Crippen molar-refractivity contribution in [3.63, 3.8) is 0 Å². The molecule has 8 heteroatoms. The third-order valence-corrected chi connectivity index (χ3v) is 14.0. The predicted molar refractivity (Wildman–Crippen MR) is 236 cm³/mol. The fourth-order valence-electron chi connectivity index (χ4n) is 9.95. The molecular weight excluding hydrogens is 753 g/mol. The van der Waals surface area contributed by atoms with Crippen LogP contribution in [0, 0.1) is 83.1 Å². The molecule has 0 amide bonds. The average Bonchev–Trinajstić information content (AvgIpc) is 3.15. The first-order chi connectivity index (χ1) is 28.1. The Hall–Kier alpha value is -5.24. The summed E-state index contributed by atoms with van der Waals surface area (Å²) in [6, 6.07) is 0. The van der Waals surface area contributed by atoms with Crippen LogP contribution in [0.25, 0.3) is 0 Å². The van der Waals surface area contributed by atoms with Gasteiger partial charge in [-0.1, -0.05) is 0 Å². The van der Waals surface area contributed by atoms with Crippen LogP contribution < -0.4 is 0 Å². The number of esters is 4. The second-order valence-electron chi connectivity index (χ2n) is 17.1. The molecule has 4 aromatic carbocycles. The number of carbonyl (C=O) groups excluding carboxylic acids is 4. The molecule has 8 nitrogen and oxygen atoms in total. The first-order valence-electron chi connectivity index (χ1n) is 21.0. The van der Waals surface area contributed by atoms with Gasteiger partial charge in [-0.25, -0.2) is 0 Å². The van der Waals surface area contributed by atoms with Crippen LogP contribution in [0.2, 0.25) is 0 Å². The van der Waals surface area contributed by atoms with Gasteiger partial charge in [-0.15, -0.1) is 0 Å². The monoisotopic (exact) mass is 816 g/mol. The van der Waals surface area contributed by atoms with Gasteiger partial charge in [0.15, 0.2) is 0 Å². The molecule has 0 aliphatic heterocycles. The quantitative estimate of drug-likeness (QED) is 0.113. The highest BCUT2D eigenvalue weighted by molar-refractivity contribution is 5.69. The second kappa shape index (κ2) is 18.2. The van der Waals surface area contributed by atoms with E-state index in [1.807, 2.05) is 0 Å². The maximum atomic E-state index is 12.3. The zero-order valence-corrected chi connectivity index (χ0v) is 38.9. The van der Waals surface area contributed by atoms with Crippen LogP contribution in [0.1, 0.15) is 161 Å². The van der Waals surface area contributed by atoms with Crippen molar-refractivity contribution in [3.05, 3.63) is 134 Å². The minimum Gasteiger partial charge on any atom is -0.461 e. The van der Waals surface area contributed by atoms with Crippen LogP contribution in [0.4, 0.5) is 0 Å². The number of fused-ring (bicyclic) bond motifs is 8. The van der Waals surface area contributed by atoms with E-state index in [4.69, 9.17) is 18.9 Å². The largest absolute Gasteiger partial charge is 0.461 e. The smallest absolute Gasteiger partial charge is 0.302 e. The molecule has 0 saturated carbocycles. The summed E-state index contributed by atoms with van der Waals surface area (Å²) in [5, 5.41) is 0. The van der Waals surface area contributed by atoms with Gasteiger partial charge in [-0.05, 0) is 242 Å². The van der Waals surface area contributed by atoms with Gasteiger partial charge in [0.2, 0.25) is 0 Å². The second-order valence-corrected chi connectivity index (χ2v) is 17.1. The molecule has 0 unspecified atom stereocenters. The summed E-state index contributed by atoms with van der Waals surface area (Å²) in [4.78, 5) is 49.1. The topological polar surface area (TPSA) is 105 Å². The van der Waals surface area contributed by atoms with E-state index < -0.39 is 0 Å². The Kier molecular flexibility index (Phi) is 13.9. The zero-order valence-electron chi connectivity index (χ0n) is 38.9. The van der Waals surface area contributed by atoms with Gasteiger partial charge in [0, 0.05) is 27.7 Å². The normalized spacial score (nSPS) is 12.3. The molecule has 1 aliphatic rings. The van der Waals surface area contributed by atoms with Gasteiger partial charge in [0.1, 0.15) is 26.4 Å². The summed E-state index contributed by atoms with van der Waals surface area (Å²) in [6.07, 6.45) is 2.50. The van der Waals surface area contributed by atoms with E-state index in [-0.39, 0.29) is 50.3 Å². The fraction of sp³-hybridized carbons (Fsp3) is 0.462. The Morgan fingerprint density at radius 3 is 0.533 bits per heavy atom. The highest BCUT2D eigenvalue weighted by atomic mass is 16.5. The number of rotatable bonds is 8. The van der Waals surface area contributed by atoms with Crippen molar-refractivity contribution < 1.29 is 38.1 Å². The summed E-state index contributed by atoms with van der Waals surface area (Å²) < 4.78 is 23.0. The molecule has 8 bridgehead atoms. The van der Waals surface area contributed by atoms with E-state index in [1.54, 1.807) is 0 Å². The van der Waals surface area contributed by atoms with Crippen molar-refractivity contribution >= 4 is 23.9 Å². The van der Waals surface area contributed by atoms with Gasteiger partial charge in [0.05, 0.1) is 0 Å². The molecule has 0 radical (unpaired) electrons. The van der Waals surface area contributed by atoms with Gasteiger partial charge in [-0.2, -0.15) is 0 Å². The minimum absolute atomic E-state index is 0.166. The van der Waals surface area contributed by atoms with E-state index in [2.05, 4.69) is 83.1 Å². The van der Waals surface area contributed by atoms with E-state index in [9.17, 15) is 19.2 Å². The molecule has 0 aromatic heterocycles. The Labute approximate surface area is 357 Å². The molecule has 320 valence electrons. The van der Waals surface area contributed by atoms with Crippen molar-refractivity contribution in [2.24, 2.45) is 0 Å². The zero-order chi connectivity index (χ0) is 44.7. The van der Waals surface area contributed by atoms with Crippen molar-refractivity contribution in [2.45, 2.75) is 163 Å². The van der Waals surface area contributed by atoms with Crippen LogP contribution in [-0.2, 0) is 90.2 Å². The van der Waals surface area contributed by atoms with Crippen molar-refractivity contribution in [1.29, 1.82) is 0 Å². The lowest BCUT2D eigenvalue weighted by atomic mass is 9.76. The molecule has 0 atom stereocenters. The van der Waals surface area contributed by atoms with Gasteiger partial charge < -0.3 is 18.9 Å². The van der Waals surface area contributed by atoms with E-state index in [0.29, 0.717) is 25.7 Å². The number of benzene rings is 4. The maximum Gasteiger partial charge on any atom is 0.302 e. The highest BCUT2D eigenvalue weighted by Crippen LogP contribution is 2.41. The third-order valence-electron chi connectivity index (χ3n) is 14.0.